The molecule has 0 saturated heterocycles. The van der Waals surface area contributed by atoms with Gasteiger partial charge >= 0.3 is 0 Å². The number of benzene rings is 8. The highest BCUT2D eigenvalue weighted by atomic mass is 32.1. The van der Waals surface area contributed by atoms with Gasteiger partial charge in [-0.05, 0) is 152 Å². The minimum atomic E-state index is -0.190. The number of nitrogens with zero attached hydrogens (tertiary/aromatic N) is 1. The lowest BCUT2D eigenvalue weighted by Gasteiger charge is -2.28. The highest BCUT2D eigenvalue weighted by Crippen LogP contribution is 2.52. The summed E-state index contributed by atoms with van der Waals surface area (Å²) in [5.41, 5.74) is 20.3. The summed E-state index contributed by atoms with van der Waals surface area (Å²) >= 11 is 1.86. The first-order chi connectivity index (χ1) is 31.4. The molecule has 0 bridgehead atoms. The Morgan fingerprint density at radius 2 is 1.00 bits per heavy atom. The standard InChI is InChI=1S/C61H45NOS/c1-61(2)55-38-47(60-36-35-59(64-60)45-19-17-44(18-20-45)46-26-34-58-54(37-46)53-15-9-10-16-57(53)63-58)25-32-51(55)52-33-31-50(39-56(52)61)62(48-27-21-42(22-28-48)40-11-5-3-6-12-40)49-29-23-43(24-30-49)41-13-7-4-8-14-41/h3,5-7,9-39H,4,8H2,1-2H3. The van der Waals surface area contributed by atoms with Crippen LogP contribution in [-0.2, 0) is 5.41 Å². The van der Waals surface area contributed by atoms with Gasteiger partial charge in [-0.25, -0.2) is 0 Å². The number of hydrogen-bond acceptors (Lipinski definition) is 3. The predicted octanol–water partition coefficient (Wildman–Crippen LogP) is 17.8. The number of fused-ring (bicyclic) bond motifs is 6. The second-order valence-corrected chi connectivity index (χ2v) is 18.7. The Bertz CT molecular complexity index is 3440. The van der Waals surface area contributed by atoms with Gasteiger partial charge in [0.25, 0.3) is 0 Å². The SMILES string of the molecule is CC1(C)c2cc(-c3ccc(-c4ccc(-c5ccc6oc7ccccc7c6c5)cc4)s3)ccc2-c2ccc(N(c3ccc(C4=CCCC=C4)cc3)c3ccc(-c4ccccc4)cc3)cc21. The molecular weight excluding hydrogens is 795 g/mol. The molecule has 0 N–H and O–H groups in total. The third-order valence-corrected chi connectivity index (χ3v) is 14.6. The van der Waals surface area contributed by atoms with Gasteiger partial charge in [-0.15, -0.1) is 11.3 Å². The van der Waals surface area contributed by atoms with E-state index in [1.54, 1.807) is 0 Å². The van der Waals surface area contributed by atoms with E-state index in [9.17, 15) is 0 Å². The molecule has 2 nitrogen and oxygen atoms in total. The summed E-state index contributed by atoms with van der Waals surface area (Å²) in [4.78, 5) is 4.95. The monoisotopic (exact) mass is 839 g/mol. The maximum Gasteiger partial charge on any atom is 0.135 e. The van der Waals surface area contributed by atoms with E-state index in [0.717, 1.165) is 51.8 Å². The van der Waals surface area contributed by atoms with Crippen LogP contribution in [0.25, 0.3) is 81.8 Å². The molecule has 0 fully saturated rings. The van der Waals surface area contributed by atoms with E-state index in [0.29, 0.717) is 0 Å². The Balaban J connectivity index is 0.842. The Morgan fingerprint density at radius 3 is 1.75 bits per heavy atom. The van der Waals surface area contributed by atoms with Crippen LogP contribution in [-0.4, -0.2) is 0 Å². The molecule has 306 valence electrons. The molecule has 10 aromatic rings. The number of allylic oxidation sites excluding steroid dienone is 4. The molecule has 0 unspecified atom stereocenters. The zero-order chi connectivity index (χ0) is 42.8. The van der Waals surface area contributed by atoms with E-state index < -0.39 is 0 Å². The van der Waals surface area contributed by atoms with Crippen molar-refractivity contribution in [3.8, 4) is 54.3 Å². The van der Waals surface area contributed by atoms with E-state index in [1.165, 1.54) is 76.5 Å². The summed E-state index contributed by atoms with van der Waals surface area (Å²) in [5.74, 6) is 0. The Labute approximate surface area is 378 Å². The van der Waals surface area contributed by atoms with Crippen LogP contribution in [0.5, 0.6) is 0 Å². The van der Waals surface area contributed by atoms with Crippen LogP contribution in [0, 0.1) is 0 Å². The Kier molecular flexibility index (Phi) is 9.21. The maximum atomic E-state index is 6.08. The van der Waals surface area contributed by atoms with Crippen molar-refractivity contribution in [3.05, 3.63) is 229 Å². The molecule has 0 saturated carbocycles. The molecule has 0 atom stereocenters. The van der Waals surface area contributed by atoms with Gasteiger partial charge in [0.15, 0.2) is 0 Å². The average Bonchev–Trinajstić information content (AvgIpc) is 4.06. The molecule has 2 aliphatic carbocycles. The van der Waals surface area contributed by atoms with Crippen LogP contribution in [0.1, 0.15) is 43.4 Å². The fourth-order valence-electron chi connectivity index (χ4n) is 9.91. The molecule has 0 radical (unpaired) electrons. The largest absolute Gasteiger partial charge is 0.456 e. The normalized spacial score (nSPS) is 13.8. The van der Waals surface area contributed by atoms with Gasteiger partial charge < -0.3 is 9.32 Å². The molecular formula is C61H45NOS. The zero-order valence-corrected chi connectivity index (χ0v) is 36.7. The highest BCUT2D eigenvalue weighted by Gasteiger charge is 2.36. The third kappa shape index (κ3) is 6.63. The van der Waals surface area contributed by atoms with E-state index in [4.69, 9.17) is 4.42 Å². The number of furan rings is 1. The third-order valence-electron chi connectivity index (χ3n) is 13.4. The van der Waals surface area contributed by atoms with E-state index in [2.05, 4.69) is 219 Å². The van der Waals surface area contributed by atoms with Crippen molar-refractivity contribution in [2.45, 2.75) is 32.1 Å². The van der Waals surface area contributed by atoms with E-state index in [-0.39, 0.29) is 5.41 Å². The van der Waals surface area contributed by atoms with Gasteiger partial charge in [-0.3, -0.25) is 0 Å². The van der Waals surface area contributed by atoms with Gasteiger partial charge in [0.05, 0.1) is 0 Å². The second-order valence-electron chi connectivity index (χ2n) is 17.6. The van der Waals surface area contributed by atoms with Crippen LogP contribution in [0.4, 0.5) is 17.1 Å². The fourth-order valence-corrected chi connectivity index (χ4v) is 10.9. The summed E-state index contributed by atoms with van der Waals surface area (Å²) < 4.78 is 6.08. The van der Waals surface area contributed by atoms with Gasteiger partial charge in [-0.1, -0.05) is 153 Å². The molecule has 8 aromatic carbocycles. The lowest BCUT2D eigenvalue weighted by molar-refractivity contribution is 0.660. The molecule has 2 aliphatic rings. The highest BCUT2D eigenvalue weighted by molar-refractivity contribution is 7.18. The number of hydrogen-bond donors (Lipinski definition) is 0. The summed E-state index contributed by atoms with van der Waals surface area (Å²) in [6, 6.07) is 71.2. The quantitative estimate of drug-likeness (QED) is 0.152. The van der Waals surface area contributed by atoms with Crippen LogP contribution in [0.3, 0.4) is 0 Å². The van der Waals surface area contributed by atoms with Crippen molar-refractivity contribution in [2.24, 2.45) is 0 Å². The summed E-state index contributed by atoms with van der Waals surface area (Å²) in [5, 5.41) is 2.31. The zero-order valence-electron chi connectivity index (χ0n) is 35.9. The topological polar surface area (TPSA) is 16.4 Å². The molecule has 0 amide bonds. The number of anilines is 3. The van der Waals surface area contributed by atoms with Crippen molar-refractivity contribution in [2.75, 3.05) is 4.90 Å². The van der Waals surface area contributed by atoms with E-state index >= 15 is 0 Å². The van der Waals surface area contributed by atoms with Gasteiger partial charge in [0, 0.05) is 43.0 Å². The second kappa shape index (κ2) is 15.4. The molecule has 0 aliphatic heterocycles. The van der Waals surface area contributed by atoms with Crippen LogP contribution in [0.2, 0.25) is 0 Å². The van der Waals surface area contributed by atoms with Crippen molar-refractivity contribution < 1.29 is 4.42 Å². The van der Waals surface area contributed by atoms with Gasteiger partial charge in [0.2, 0.25) is 0 Å². The van der Waals surface area contributed by atoms with Gasteiger partial charge in [0.1, 0.15) is 11.2 Å². The van der Waals surface area contributed by atoms with Crippen molar-refractivity contribution in [1.29, 1.82) is 0 Å². The molecule has 64 heavy (non-hydrogen) atoms. The molecule has 3 heteroatoms. The first-order valence-electron chi connectivity index (χ1n) is 22.3. The first kappa shape index (κ1) is 38.2. The van der Waals surface area contributed by atoms with Crippen LogP contribution in [0.15, 0.2) is 217 Å². The number of thiophene rings is 1. The van der Waals surface area contributed by atoms with Crippen molar-refractivity contribution in [1.82, 2.24) is 0 Å². The maximum absolute atomic E-state index is 6.08. The van der Waals surface area contributed by atoms with Crippen molar-refractivity contribution in [3.63, 3.8) is 0 Å². The fraction of sp³-hybridized carbons (Fsp3) is 0.0820. The van der Waals surface area contributed by atoms with Crippen LogP contribution >= 0.6 is 11.3 Å². The van der Waals surface area contributed by atoms with Crippen LogP contribution < -0.4 is 4.90 Å². The lowest BCUT2D eigenvalue weighted by atomic mass is 9.81. The Hall–Kier alpha value is -7.46. The molecule has 2 heterocycles. The smallest absolute Gasteiger partial charge is 0.135 e. The number of rotatable bonds is 8. The minimum absolute atomic E-state index is 0.190. The number of para-hydroxylation sites is 1. The molecule has 0 spiro atoms. The summed E-state index contributed by atoms with van der Waals surface area (Å²) in [6.07, 6.45) is 9.09. The molecule has 2 aromatic heterocycles. The minimum Gasteiger partial charge on any atom is -0.456 e. The predicted molar refractivity (Wildman–Crippen MR) is 272 cm³/mol. The first-order valence-corrected chi connectivity index (χ1v) is 23.1. The van der Waals surface area contributed by atoms with Gasteiger partial charge in [-0.2, -0.15) is 0 Å². The summed E-state index contributed by atoms with van der Waals surface area (Å²) in [6.45, 7) is 4.78. The Morgan fingerprint density at radius 1 is 0.438 bits per heavy atom. The van der Waals surface area contributed by atoms with E-state index in [1.807, 2.05) is 23.5 Å². The summed E-state index contributed by atoms with van der Waals surface area (Å²) in [7, 11) is 0. The average molecular weight is 840 g/mol. The lowest BCUT2D eigenvalue weighted by Crippen LogP contribution is -2.16. The molecule has 12 rings (SSSR count). The van der Waals surface area contributed by atoms with Crippen molar-refractivity contribution >= 4 is 55.9 Å².